The van der Waals surface area contributed by atoms with Crippen LogP contribution < -0.4 is 5.32 Å². The van der Waals surface area contributed by atoms with Crippen LogP contribution in [-0.4, -0.2) is 61.4 Å². The Morgan fingerprint density at radius 1 is 1.02 bits per heavy atom. The maximum absolute atomic E-state index is 16.1. The molecule has 0 saturated heterocycles. The highest BCUT2D eigenvalue weighted by Gasteiger charge is 2.33. The van der Waals surface area contributed by atoms with Crippen LogP contribution in [0.3, 0.4) is 0 Å². The highest BCUT2D eigenvalue weighted by molar-refractivity contribution is 7.91. The number of carbonyl (C=O) groups is 1. The number of aryl methyl sites for hydroxylation is 1. The molecule has 0 saturated carbocycles. The zero-order valence-corrected chi connectivity index (χ0v) is 22.3. The molecule has 0 spiro atoms. The van der Waals surface area contributed by atoms with Crippen LogP contribution in [0.15, 0.2) is 64.8 Å². The van der Waals surface area contributed by atoms with Crippen LogP contribution in [-0.2, 0) is 26.4 Å². The van der Waals surface area contributed by atoms with E-state index in [1.807, 2.05) is 0 Å². The first-order chi connectivity index (χ1) is 18.9. The molecule has 4 rings (SSSR count). The van der Waals surface area contributed by atoms with E-state index < -0.39 is 66.8 Å². The van der Waals surface area contributed by atoms with Gasteiger partial charge in [-0.2, -0.15) is 5.10 Å². The van der Waals surface area contributed by atoms with Gasteiger partial charge in [0, 0.05) is 31.2 Å². The maximum atomic E-state index is 16.1. The summed E-state index contributed by atoms with van der Waals surface area (Å²) in [5.41, 5.74) is -1.01. The average Bonchev–Trinajstić information content (AvgIpc) is 3.27. The monoisotopic (exact) mass is 577 g/mol. The summed E-state index contributed by atoms with van der Waals surface area (Å²) >= 11 is 0. The summed E-state index contributed by atoms with van der Waals surface area (Å²) in [4.78, 5) is 15.0. The van der Waals surface area contributed by atoms with Gasteiger partial charge in [-0.25, -0.2) is 26.0 Å². The molecule has 14 heteroatoms. The van der Waals surface area contributed by atoms with Crippen molar-refractivity contribution in [1.82, 2.24) is 19.7 Å². The van der Waals surface area contributed by atoms with Crippen molar-refractivity contribution >= 4 is 21.5 Å². The predicted octanol–water partition coefficient (Wildman–Crippen LogP) is 4.01. The van der Waals surface area contributed by atoms with E-state index >= 15 is 8.78 Å². The zero-order valence-electron chi connectivity index (χ0n) is 21.5. The van der Waals surface area contributed by atoms with Gasteiger partial charge in [0.15, 0.2) is 18.4 Å². The van der Waals surface area contributed by atoms with E-state index in [-0.39, 0.29) is 17.8 Å². The summed E-state index contributed by atoms with van der Waals surface area (Å²) in [7, 11) is -0.337. The van der Waals surface area contributed by atoms with Crippen molar-refractivity contribution in [2.45, 2.75) is 9.79 Å². The molecule has 0 radical (unpaired) electrons. The molecule has 9 nitrogen and oxygen atoms in total. The molecule has 0 bridgehead atoms. The number of aromatic nitrogens is 3. The first-order valence-corrected chi connectivity index (χ1v) is 13.1. The van der Waals surface area contributed by atoms with Crippen LogP contribution in [0, 0.1) is 23.3 Å². The van der Waals surface area contributed by atoms with Crippen LogP contribution in [0.4, 0.5) is 23.2 Å². The van der Waals surface area contributed by atoms with Crippen LogP contribution in [0.25, 0.3) is 22.4 Å². The minimum Gasteiger partial charge on any atom is -0.444 e. The first-order valence-electron chi connectivity index (χ1n) is 11.6. The number of rotatable bonds is 9. The second-order valence-corrected chi connectivity index (χ2v) is 10.8. The van der Waals surface area contributed by atoms with Crippen LogP contribution >= 0.6 is 0 Å². The molecule has 2 aromatic carbocycles. The minimum atomic E-state index is -5.08. The van der Waals surface area contributed by atoms with Crippen molar-refractivity contribution in [3.05, 3.63) is 78.3 Å². The Balaban J connectivity index is 1.92. The molecule has 1 N–H and O–H groups in total. The quantitative estimate of drug-likeness (QED) is 0.138. The molecule has 4 aromatic rings. The summed E-state index contributed by atoms with van der Waals surface area (Å²) in [6.45, 7) is -0.706. The number of nitrogens with zero attached hydrogens (tertiary/aromatic N) is 4. The lowest BCUT2D eigenvalue weighted by atomic mass is 10.0. The molecular weight excluding hydrogens is 554 g/mol. The van der Waals surface area contributed by atoms with Crippen molar-refractivity contribution in [1.29, 1.82) is 0 Å². The summed E-state index contributed by atoms with van der Waals surface area (Å²) in [5, 5.41) is 6.59. The van der Waals surface area contributed by atoms with Gasteiger partial charge >= 0.3 is 5.97 Å². The fraction of sp³-hybridized carbons (Fsp3) is 0.192. The Kier molecular flexibility index (Phi) is 8.21. The molecule has 0 fully saturated rings. The summed E-state index contributed by atoms with van der Waals surface area (Å²) in [6, 6.07) is 5.37. The fourth-order valence-corrected chi connectivity index (χ4v) is 5.30. The Bertz CT molecular complexity index is 1680. The number of halogens is 4. The molecular formula is C26H23F4N5O4S. The number of carbonyl (C=O) groups excluding carboxylic acids is 1. The topological polar surface area (TPSA) is 106 Å². The van der Waals surface area contributed by atoms with Gasteiger partial charge in [0.05, 0.1) is 17.8 Å². The van der Waals surface area contributed by atoms with E-state index in [1.54, 1.807) is 26.2 Å². The van der Waals surface area contributed by atoms with Crippen LogP contribution in [0.1, 0.15) is 0 Å². The minimum absolute atomic E-state index is 0.0967. The third kappa shape index (κ3) is 5.82. The molecule has 0 aliphatic heterocycles. The fourth-order valence-electron chi connectivity index (χ4n) is 3.86. The largest absolute Gasteiger partial charge is 0.444 e. The standard InChI is InChI=1S/C26H23F4N5O4S/c1-34(2)13-22(36)39-14-32-19-11-21(40(37,38)20-10-16(27)4-5-18(20)28)25(30)23(24(19)29)26-17(12-35(3)33-26)15-6-8-31-9-7-15/h4-12,32H,13-14H2,1-3H3. The van der Waals surface area contributed by atoms with Gasteiger partial charge in [-0.05, 0) is 56.1 Å². The number of pyridine rings is 1. The number of anilines is 1. The Morgan fingerprint density at radius 3 is 2.40 bits per heavy atom. The second kappa shape index (κ2) is 11.4. The second-order valence-electron chi connectivity index (χ2n) is 8.88. The van der Waals surface area contributed by atoms with Crippen molar-refractivity contribution in [2.75, 3.05) is 32.7 Å². The molecule has 0 unspecified atom stereocenters. The lowest BCUT2D eigenvalue weighted by molar-refractivity contribution is -0.143. The SMILES string of the molecule is CN(C)CC(=O)OCNc1cc(S(=O)(=O)c2cc(F)ccc2F)c(F)c(-c2nn(C)cc2-c2ccncc2)c1F. The van der Waals surface area contributed by atoms with E-state index in [0.29, 0.717) is 29.8 Å². The van der Waals surface area contributed by atoms with Crippen molar-refractivity contribution in [3.63, 3.8) is 0 Å². The smallest absolute Gasteiger partial charge is 0.321 e. The highest BCUT2D eigenvalue weighted by atomic mass is 32.2. The average molecular weight is 578 g/mol. The van der Waals surface area contributed by atoms with Gasteiger partial charge in [0.25, 0.3) is 0 Å². The number of hydrogen-bond acceptors (Lipinski definition) is 8. The lowest BCUT2D eigenvalue weighted by Crippen LogP contribution is -2.25. The van der Waals surface area contributed by atoms with E-state index in [1.165, 1.54) is 35.2 Å². The number of esters is 1. The van der Waals surface area contributed by atoms with Gasteiger partial charge in [-0.3, -0.25) is 19.4 Å². The number of benzene rings is 2. The Hall–Kier alpha value is -4.30. The Morgan fingerprint density at radius 2 is 1.73 bits per heavy atom. The number of nitrogens with one attached hydrogen (secondary N) is 1. The molecule has 210 valence electrons. The van der Waals surface area contributed by atoms with Crippen LogP contribution in [0.5, 0.6) is 0 Å². The van der Waals surface area contributed by atoms with Crippen LogP contribution in [0.2, 0.25) is 0 Å². The molecule has 2 heterocycles. The van der Waals surface area contributed by atoms with Crippen molar-refractivity contribution in [2.24, 2.45) is 7.05 Å². The zero-order chi connectivity index (χ0) is 29.2. The van der Waals surface area contributed by atoms with Gasteiger partial charge < -0.3 is 10.1 Å². The molecule has 0 aliphatic carbocycles. The molecule has 40 heavy (non-hydrogen) atoms. The maximum Gasteiger partial charge on any atom is 0.321 e. The normalized spacial score (nSPS) is 11.6. The Labute approximate surface area is 226 Å². The van der Waals surface area contributed by atoms with E-state index in [0.717, 1.165) is 0 Å². The van der Waals surface area contributed by atoms with E-state index in [4.69, 9.17) is 4.74 Å². The molecule has 0 atom stereocenters. The highest BCUT2D eigenvalue weighted by Crippen LogP contribution is 2.40. The number of likely N-dealkylation sites (N-methyl/N-ethyl adjacent to an activating group) is 1. The number of ether oxygens (including phenoxy) is 1. The molecule has 0 amide bonds. The van der Waals surface area contributed by atoms with Gasteiger partial charge in [0.2, 0.25) is 9.84 Å². The summed E-state index contributed by atoms with van der Waals surface area (Å²) in [5.74, 6) is -5.94. The summed E-state index contributed by atoms with van der Waals surface area (Å²) in [6.07, 6.45) is 4.36. The lowest BCUT2D eigenvalue weighted by Gasteiger charge is -2.16. The predicted molar refractivity (Wildman–Crippen MR) is 137 cm³/mol. The third-order valence-corrected chi connectivity index (χ3v) is 7.41. The van der Waals surface area contributed by atoms with Gasteiger partial charge in [-0.1, -0.05) is 0 Å². The van der Waals surface area contributed by atoms with E-state index in [2.05, 4.69) is 15.4 Å². The number of sulfone groups is 1. The van der Waals surface area contributed by atoms with Gasteiger partial charge in [-0.15, -0.1) is 0 Å². The van der Waals surface area contributed by atoms with E-state index in [9.17, 15) is 22.0 Å². The summed E-state index contributed by atoms with van der Waals surface area (Å²) < 4.78 is 93.5. The third-order valence-electron chi connectivity index (χ3n) is 5.64. The van der Waals surface area contributed by atoms with Gasteiger partial charge in [0.1, 0.15) is 27.1 Å². The van der Waals surface area contributed by atoms with Crippen molar-refractivity contribution in [3.8, 4) is 22.4 Å². The number of hydrogen-bond donors (Lipinski definition) is 1. The first kappa shape index (κ1) is 28.7. The molecule has 2 aromatic heterocycles. The molecule has 0 aliphatic rings. The van der Waals surface area contributed by atoms with Crippen molar-refractivity contribution < 1.29 is 35.5 Å².